The molecule has 0 aliphatic rings. The van der Waals surface area contributed by atoms with Crippen LogP contribution in [0.2, 0.25) is 0 Å². The van der Waals surface area contributed by atoms with Gasteiger partial charge in [-0.3, -0.25) is 9.46 Å². The quantitative estimate of drug-likeness (QED) is 0.419. The Hall–Kier alpha value is -2.27. The lowest BCUT2D eigenvalue weighted by Gasteiger charge is -2.36. The first kappa shape index (κ1) is 23.4. The highest BCUT2D eigenvalue weighted by Gasteiger charge is 2.40. The summed E-state index contributed by atoms with van der Waals surface area (Å²) < 4.78 is 17.9. The van der Waals surface area contributed by atoms with Crippen LogP contribution >= 0.6 is 7.60 Å². The van der Waals surface area contributed by atoms with E-state index in [0.717, 1.165) is 16.7 Å². The van der Waals surface area contributed by atoms with Gasteiger partial charge in [0.15, 0.2) is 5.85 Å². The third kappa shape index (κ3) is 6.86. The van der Waals surface area contributed by atoms with Gasteiger partial charge in [0.1, 0.15) is 0 Å². The first-order valence-corrected chi connectivity index (χ1v) is 12.1. The predicted molar refractivity (Wildman–Crippen MR) is 124 cm³/mol. The molecule has 0 radical (unpaired) electrons. The minimum absolute atomic E-state index is 0.0558. The summed E-state index contributed by atoms with van der Waals surface area (Å²) in [4.78, 5) is 12.5. The minimum Gasteiger partial charge on any atom is -0.379 e. The van der Waals surface area contributed by atoms with E-state index in [1.807, 2.05) is 91.0 Å². The first-order valence-electron chi connectivity index (χ1n) is 10.5. The average Bonchev–Trinajstić information content (AvgIpc) is 2.79. The van der Waals surface area contributed by atoms with Crippen molar-refractivity contribution < 1.29 is 19.1 Å². The zero-order chi connectivity index (χ0) is 22.1. The van der Waals surface area contributed by atoms with E-state index in [9.17, 15) is 14.6 Å². The zero-order valence-electron chi connectivity index (χ0n) is 17.7. The Labute approximate surface area is 184 Å². The topological polar surface area (TPSA) is 70.0 Å². The lowest BCUT2D eigenvalue weighted by molar-refractivity contribution is 0.0630. The molecule has 3 aromatic carbocycles. The van der Waals surface area contributed by atoms with Crippen molar-refractivity contribution in [3.63, 3.8) is 0 Å². The molecule has 3 atom stereocenters. The van der Waals surface area contributed by atoms with Crippen LogP contribution < -0.4 is 0 Å². The number of aliphatic hydroxyl groups excluding tert-OH is 1. The molecule has 0 aromatic heterocycles. The molecule has 0 spiro atoms. The largest absolute Gasteiger partial charge is 0.379 e. The Morgan fingerprint density at radius 2 is 1.23 bits per heavy atom. The van der Waals surface area contributed by atoms with E-state index in [4.69, 9.17) is 4.52 Å². The van der Waals surface area contributed by atoms with Crippen LogP contribution in [0.1, 0.15) is 23.6 Å². The molecule has 0 aliphatic heterocycles. The molecule has 0 amide bonds. The van der Waals surface area contributed by atoms with E-state index in [-0.39, 0.29) is 6.61 Å². The molecule has 2 N–H and O–H groups in total. The van der Waals surface area contributed by atoms with Crippen molar-refractivity contribution in [2.45, 2.75) is 38.3 Å². The molecule has 1 unspecified atom stereocenters. The van der Waals surface area contributed by atoms with Crippen molar-refractivity contribution >= 4 is 7.60 Å². The maximum atomic E-state index is 12.8. The van der Waals surface area contributed by atoms with Crippen LogP contribution in [0, 0.1) is 0 Å². The van der Waals surface area contributed by atoms with Gasteiger partial charge in [-0.2, -0.15) is 0 Å². The second-order valence-electron chi connectivity index (χ2n) is 7.53. The molecule has 6 heteroatoms. The fourth-order valence-electron chi connectivity index (χ4n) is 3.68. The molecular weight excluding hydrogens is 409 g/mol. The predicted octanol–water partition coefficient (Wildman–Crippen LogP) is 4.84. The Bertz CT molecular complexity index is 912. The van der Waals surface area contributed by atoms with Crippen LogP contribution in [0.5, 0.6) is 0 Å². The van der Waals surface area contributed by atoms with Crippen molar-refractivity contribution in [1.29, 1.82) is 0 Å². The summed E-state index contributed by atoms with van der Waals surface area (Å²) >= 11 is 0. The summed E-state index contributed by atoms with van der Waals surface area (Å²) in [5.41, 5.74) is 3.11. The van der Waals surface area contributed by atoms with Crippen LogP contribution in [0.4, 0.5) is 0 Å². The molecule has 0 saturated carbocycles. The zero-order valence-corrected chi connectivity index (χ0v) is 18.6. The Kier molecular flexibility index (Phi) is 8.59. The number of rotatable bonds is 11. The van der Waals surface area contributed by atoms with Crippen LogP contribution in [-0.2, 0) is 28.6 Å². The summed E-state index contributed by atoms with van der Waals surface area (Å²) in [6, 6.07) is 29.0. The van der Waals surface area contributed by atoms with E-state index in [0.29, 0.717) is 19.5 Å². The van der Waals surface area contributed by atoms with Gasteiger partial charge >= 0.3 is 7.60 Å². The van der Waals surface area contributed by atoms with E-state index in [1.165, 1.54) is 0 Å². The van der Waals surface area contributed by atoms with Gasteiger partial charge in [-0.25, -0.2) is 0 Å². The molecule has 3 rings (SSSR count). The fraction of sp³-hybridized carbons (Fsp3) is 0.280. The Balaban J connectivity index is 1.98. The van der Waals surface area contributed by atoms with E-state index in [1.54, 1.807) is 6.92 Å². The normalized spacial score (nSPS) is 15.4. The van der Waals surface area contributed by atoms with Gasteiger partial charge in [0, 0.05) is 13.1 Å². The van der Waals surface area contributed by atoms with Gasteiger partial charge in [0.2, 0.25) is 0 Å². The molecule has 0 aliphatic carbocycles. The van der Waals surface area contributed by atoms with Crippen molar-refractivity contribution in [2.24, 2.45) is 0 Å². The van der Waals surface area contributed by atoms with Crippen LogP contribution in [0.3, 0.4) is 0 Å². The summed E-state index contributed by atoms with van der Waals surface area (Å²) in [5, 5.41) is 11.1. The van der Waals surface area contributed by atoms with Crippen molar-refractivity contribution in [2.75, 3.05) is 6.61 Å². The third-order valence-corrected chi connectivity index (χ3v) is 6.85. The molecule has 3 aromatic rings. The highest BCUT2D eigenvalue weighted by atomic mass is 31.2. The van der Waals surface area contributed by atoms with E-state index in [2.05, 4.69) is 4.90 Å². The van der Waals surface area contributed by atoms with Crippen molar-refractivity contribution in [3.8, 4) is 0 Å². The highest BCUT2D eigenvalue weighted by Crippen LogP contribution is 2.49. The number of hydrogen-bond donors (Lipinski definition) is 2. The fourth-order valence-corrected chi connectivity index (χ4v) is 4.94. The molecule has 0 saturated heterocycles. The minimum atomic E-state index is -4.23. The van der Waals surface area contributed by atoms with Gasteiger partial charge in [-0.1, -0.05) is 91.0 Å². The van der Waals surface area contributed by atoms with Gasteiger partial charge in [0.05, 0.1) is 12.6 Å². The monoisotopic (exact) mass is 439 g/mol. The second-order valence-corrected chi connectivity index (χ2v) is 9.44. The molecular formula is C25H30NO4P. The maximum Gasteiger partial charge on any atom is 0.357 e. The molecule has 0 fully saturated rings. The second kappa shape index (κ2) is 11.4. The van der Waals surface area contributed by atoms with Gasteiger partial charge in [-0.15, -0.1) is 0 Å². The SMILES string of the molecule is CCOP(=O)(O)[C@H](O)[C@H](Cc1ccccc1)N(Cc1ccccc1)Cc1ccccc1. The summed E-state index contributed by atoms with van der Waals surface area (Å²) in [6.45, 7) is 2.75. The molecule has 31 heavy (non-hydrogen) atoms. The molecule has 0 bridgehead atoms. The van der Waals surface area contributed by atoms with Gasteiger partial charge in [0.25, 0.3) is 0 Å². The number of benzene rings is 3. The standard InChI is InChI=1S/C25H30NO4P/c1-2-30-31(28,29)25(27)24(18-21-12-6-3-7-13-21)26(19-22-14-8-4-9-15-22)20-23-16-10-5-11-17-23/h3-17,24-25,27H,2,18-20H2,1H3,(H,28,29)/t24-,25-/m0/s1. The molecule has 5 nitrogen and oxygen atoms in total. The summed E-state index contributed by atoms with van der Waals surface area (Å²) in [7, 11) is -4.23. The number of nitrogens with zero attached hydrogens (tertiary/aromatic N) is 1. The van der Waals surface area contributed by atoms with Crippen LogP contribution in [-0.4, -0.2) is 33.4 Å². The average molecular weight is 439 g/mol. The van der Waals surface area contributed by atoms with Crippen molar-refractivity contribution in [3.05, 3.63) is 108 Å². The highest BCUT2D eigenvalue weighted by molar-refractivity contribution is 7.53. The molecule has 0 heterocycles. The smallest absolute Gasteiger partial charge is 0.357 e. The summed E-state index contributed by atoms with van der Waals surface area (Å²) in [6.07, 6.45) is 0.416. The lowest BCUT2D eigenvalue weighted by atomic mass is 10.0. The van der Waals surface area contributed by atoms with Gasteiger partial charge in [-0.05, 0) is 30.0 Å². The maximum absolute atomic E-state index is 12.8. The van der Waals surface area contributed by atoms with Crippen molar-refractivity contribution in [1.82, 2.24) is 4.90 Å². The number of aliphatic hydroxyl groups is 1. The number of hydrogen-bond acceptors (Lipinski definition) is 4. The van der Waals surface area contributed by atoms with E-state index < -0.39 is 19.5 Å². The Morgan fingerprint density at radius 3 is 1.65 bits per heavy atom. The summed E-state index contributed by atoms with van der Waals surface area (Å²) in [5.74, 6) is -1.54. The Morgan fingerprint density at radius 1 is 0.806 bits per heavy atom. The van der Waals surface area contributed by atoms with Crippen LogP contribution in [0.15, 0.2) is 91.0 Å². The van der Waals surface area contributed by atoms with E-state index >= 15 is 0 Å². The molecule has 164 valence electrons. The van der Waals surface area contributed by atoms with Crippen LogP contribution in [0.25, 0.3) is 0 Å². The third-order valence-electron chi connectivity index (χ3n) is 5.21. The first-order chi connectivity index (χ1) is 15.0. The lowest BCUT2D eigenvalue weighted by Crippen LogP contribution is -2.44. The van der Waals surface area contributed by atoms with Gasteiger partial charge < -0.3 is 14.5 Å².